The second kappa shape index (κ2) is 6.37. The Morgan fingerprint density at radius 2 is 2.00 bits per heavy atom. The fourth-order valence-corrected chi connectivity index (χ4v) is 1.43. The maximum atomic E-state index is 11.4. The van der Waals surface area contributed by atoms with E-state index >= 15 is 0 Å². The minimum Gasteiger partial charge on any atom is -0.461 e. The molecule has 1 atom stereocenters. The number of hydrogen-bond acceptors (Lipinski definition) is 4. The number of rotatable bonds is 6. The van der Waals surface area contributed by atoms with E-state index in [0.29, 0.717) is 0 Å². The van der Waals surface area contributed by atoms with Crippen molar-refractivity contribution in [1.82, 2.24) is 0 Å². The van der Waals surface area contributed by atoms with Gasteiger partial charge in [-0.25, -0.2) is 0 Å². The number of aliphatic hydroxyl groups is 2. The highest BCUT2D eigenvalue weighted by Crippen LogP contribution is 2.15. The van der Waals surface area contributed by atoms with Crippen LogP contribution in [0.15, 0.2) is 30.3 Å². The summed E-state index contributed by atoms with van der Waals surface area (Å²) in [6.45, 7) is 1.56. The molecule has 0 aliphatic heterocycles. The van der Waals surface area contributed by atoms with Crippen molar-refractivity contribution in [1.29, 1.82) is 0 Å². The Kier molecular flexibility index (Phi) is 5.12. The average Bonchev–Trinajstić information content (AvgIpc) is 2.27. The Hall–Kier alpha value is -1.39. The summed E-state index contributed by atoms with van der Waals surface area (Å²) < 4.78 is 5.03. The van der Waals surface area contributed by atoms with Crippen LogP contribution < -0.4 is 0 Å². The van der Waals surface area contributed by atoms with Gasteiger partial charge in [-0.15, -0.1) is 0 Å². The van der Waals surface area contributed by atoms with E-state index in [-0.39, 0.29) is 26.1 Å². The molecule has 0 fully saturated rings. The summed E-state index contributed by atoms with van der Waals surface area (Å²) in [5, 5.41) is 18.4. The van der Waals surface area contributed by atoms with Crippen LogP contribution in [-0.4, -0.2) is 28.4 Å². The van der Waals surface area contributed by atoms with E-state index in [9.17, 15) is 9.90 Å². The summed E-state index contributed by atoms with van der Waals surface area (Å²) >= 11 is 0. The predicted octanol–water partition coefficient (Wildman–Crippen LogP) is 1.25. The Morgan fingerprint density at radius 3 is 2.59 bits per heavy atom. The van der Waals surface area contributed by atoms with Gasteiger partial charge in [0.25, 0.3) is 0 Å². The van der Waals surface area contributed by atoms with Crippen LogP contribution in [0.25, 0.3) is 0 Å². The Labute approximate surface area is 101 Å². The van der Waals surface area contributed by atoms with E-state index in [4.69, 9.17) is 9.84 Å². The van der Waals surface area contributed by atoms with Gasteiger partial charge in [-0.3, -0.25) is 4.79 Å². The van der Waals surface area contributed by atoms with E-state index in [1.165, 1.54) is 6.92 Å². The highest BCUT2D eigenvalue weighted by Gasteiger charge is 2.24. The first-order valence-electron chi connectivity index (χ1n) is 5.56. The van der Waals surface area contributed by atoms with Gasteiger partial charge in [-0.05, 0) is 18.9 Å². The van der Waals surface area contributed by atoms with Crippen molar-refractivity contribution in [3.63, 3.8) is 0 Å². The van der Waals surface area contributed by atoms with Crippen molar-refractivity contribution in [2.45, 2.75) is 32.0 Å². The van der Waals surface area contributed by atoms with Crippen LogP contribution >= 0.6 is 0 Å². The first-order valence-corrected chi connectivity index (χ1v) is 5.56. The number of ether oxygens (including phenoxy) is 1. The third kappa shape index (κ3) is 5.47. The highest BCUT2D eigenvalue weighted by molar-refractivity contribution is 5.70. The van der Waals surface area contributed by atoms with Crippen LogP contribution in [0.3, 0.4) is 0 Å². The monoisotopic (exact) mass is 238 g/mol. The molecule has 0 radical (unpaired) electrons. The van der Waals surface area contributed by atoms with Gasteiger partial charge in [0.1, 0.15) is 6.61 Å². The molecule has 4 heteroatoms. The number of benzene rings is 1. The van der Waals surface area contributed by atoms with Gasteiger partial charge >= 0.3 is 5.97 Å². The van der Waals surface area contributed by atoms with Gasteiger partial charge in [0.15, 0.2) is 0 Å². The van der Waals surface area contributed by atoms with Crippen molar-refractivity contribution < 1.29 is 19.7 Å². The maximum Gasteiger partial charge on any atom is 0.309 e. The van der Waals surface area contributed by atoms with Crippen LogP contribution in [0, 0.1) is 0 Å². The lowest BCUT2D eigenvalue weighted by Gasteiger charge is -2.20. The third-order valence-electron chi connectivity index (χ3n) is 2.42. The molecular formula is C13H18O4. The fraction of sp³-hybridized carbons (Fsp3) is 0.462. The fourth-order valence-electron chi connectivity index (χ4n) is 1.43. The lowest BCUT2D eigenvalue weighted by atomic mass is 9.99. The first kappa shape index (κ1) is 13.7. The molecule has 0 aliphatic carbocycles. The molecule has 1 rings (SSSR count). The van der Waals surface area contributed by atoms with E-state index in [0.717, 1.165) is 5.56 Å². The largest absolute Gasteiger partial charge is 0.461 e. The SMILES string of the molecule is CC(O)(CCO)CC(=O)OCc1ccccc1. The number of aliphatic hydroxyl groups excluding tert-OH is 1. The summed E-state index contributed by atoms with van der Waals surface area (Å²) in [4.78, 5) is 11.4. The molecule has 0 spiro atoms. The predicted molar refractivity (Wildman–Crippen MR) is 63.2 cm³/mol. The molecule has 0 saturated heterocycles. The molecule has 1 unspecified atom stereocenters. The number of esters is 1. The lowest BCUT2D eigenvalue weighted by molar-refractivity contribution is -0.150. The molecule has 0 saturated carbocycles. The van der Waals surface area contributed by atoms with Crippen LogP contribution in [-0.2, 0) is 16.1 Å². The Bertz CT molecular complexity index is 346. The van der Waals surface area contributed by atoms with Crippen molar-refractivity contribution in [2.24, 2.45) is 0 Å². The normalized spacial score (nSPS) is 14.1. The van der Waals surface area contributed by atoms with Gasteiger partial charge in [0.05, 0.1) is 12.0 Å². The summed E-state index contributed by atoms with van der Waals surface area (Å²) in [6.07, 6.45) is 0.0494. The molecule has 0 amide bonds. The van der Waals surface area contributed by atoms with E-state index in [1.807, 2.05) is 30.3 Å². The molecule has 1 aromatic carbocycles. The summed E-state index contributed by atoms with van der Waals surface area (Å²) in [5.41, 5.74) is -0.301. The Balaban J connectivity index is 2.35. The Morgan fingerprint density at radius 1 is 1.35 bits per heavy atom. The van der Waals surface area contributed by atoms with E-state index in [2.05, 4.69) is 0 Å². The minimum absolute atomic E-state index is 0.111. The zero-order chi connectivity index (χ0) is 12.7. The lowest BCUT2D eigenvalue weighted by Crippen LogP contribution is -2.29. The van der Waals surface area contributed by atoms with Crippen molar-refractivity contribution >= 4 is 5.97 Å². The molecule has 2 N–H and O–H groups in total. The number of carbonyl (C=O) groups is 1. The quantitative estimate of drug-likeness (QED) is 0.732. The smallest absolute Gasteiger partial charge is 0.309 e. The average molecular weight is 238 g/mol. The van der Waals surface area contributed by atoms with Crippen LogP contribution in [0.5, 0.6) is 0 Å². The summed E-state index contributed by atoms with van der Waals surface area (Å²) in [6, 6.07) is 9.34. The van der Waals surface area contributed by atoms with Gasteiger partial charge in [0, 0.05) is 6.61 Å². The first-order chi connectivity index (χ1) is 8.03. The van der Waals surface area contributed by atoms with Crippen LogP contribution in [0.4, 0.5) is 0 Å². The van der Waals surface area contributed by atoms with Gasteiger partial charge in [0.2, 0.25) is 0 Å². The maximum absolute atomic E-state index is 11.4. The second-order valence-electron chi connectivity index (χ2n) is 4.29. The second-order valence-corrected chi connectivity index (χ2v) is 4.29. The van der Waals surface area contributed by atoms with Crippen molar-refractivity contribution in [3.8, 4) is 0 Å². The molecular weight excluding hydrogens is 220 g/mol. The summed E-state index contributed by atoms with van der Waals surface area (Å²) in [7, 11) is 0. The van der Waals surface area contributed by atoms with Crippen LogP contribution in [0.1, 0.15) is 25.3 Å². The molecule has 0 heterocycles. The van der Waals surface area contributed by atoms with Gasteiger partial charge in [-0.1, -0.05) is 30.3 Å². The van der Waals surface area contributed by atoms with Crippen molar-refractivity contribution in [2.75, 3.05) is 6.61 Å². The van der Waals surface area contributed by atoms with E-state index < -0.39 is 11.6 Å². The standard InChI is InChI=1S/C13H18O4/c1-13(16,7-8-14)9-12(15)17-10-11-5-3-2-4-6-11/h2-6,14,16H,7-10H2,1H3. The number of carbonyl (C=O) groups excluding carboxylic acids is 1. The molecule has 0 bridgehead atoms. The van der Waals surface area contributed by atoms with Gasteiger partial charge < -0.3 is 14.9 Å². The molecule has 94 valence electrons. The molecule has 17 heavy (non-hydrogen) atoms. The molecule has 4 nitrogen and oxygen atoms in total. The third-order valence-corrected chi connectivity index (χ3v) is 2.42. The summed E-state index contributed by atoms with van der Waals surface area (Å²) in [5.74, 6) is -0.465. The molecule has 0 aromatic heterocycles. The van der Waals surface area contributed by atoms with E-state index in [1.54, 1.807) is 0 Å². The zero-order valence-corrected chi connectivity index (χ0v) is 9.93. The molecule has 1 aromatic rings. The minimum atomic E-state index is -1.21. The number of hydrogen-bond donors (Lipinski definition) is 2. The molecule has 0 aliphatic rings. The zero-order valence-electron chi connectivity index (χ0n) is 9.93. The van der Waals surface area contributed by atoms with Crippen molar-refractivity contribution in [3.05, 3.63) is 35.9 Å². The highest BCUT2D eigenvalue weighted by atomic mass is 16.5. The van der Waals surface area contributed by atoms with Gasteiger partial charge in [-0.2, -0.15) is 0 Å². The topological polar surface area (TPSA) is 66.8 Å². The van der Waals surface area contributed by atoms with Crippen LogP contribution in [0.2, 0.25) is 0 Å².